The van der Waals surface area contributed by atoms with E-state index in [1.54, 1.807) is 23.2 Å². The van der Waals surface area contributed by atoms with Crippen LogP contribution in [0.3, 0.4) is 0 Å². The molecule has 1 aromatic heterocycles. The molecule has 1 amide bonds. The van der Waals surface area contributed by atoms with E-state index >= 15 is 0 Å². The summed E-state index contributed by atoms with van der Waals surface area (Å²) in [7, 11) is 0. The second-order valence-corrected chi connectivity index (χ2v) is 7.17. The standard InChI is InChI=1S/C17H19ClFN3O2/c1-17(2,3)24-16(23)21-6-7-22-15(10-21)12(9-20-22)11-4-5-14(19)13(18)8-11/h4-5,8-9H,6-7,10H2,1-3H3. The van der Waals surface area contributed by atoms with Crippen LogP contribution in [-0.4, -0.2) is 32.9 Å². The highest BCUT2D eigenvalue weighted by Gasteiger charge is 2.28. The zero-order chi connectivity index (χ0) is 17.5. The second kappa shape index (κ2) is 6.09. The van der Waals surface area contributed by atoms with E-state index in [2.05, 4.69) is 5.10 Å². The predicted molar refractivity (Wildman–Crippen MR) is 89.3 cm³/mol. The summed E-state index contributed by atoms with van der Waals surface area (Å²) in [5.74, 6) is -0.461. The van der Waals surface area contributed by atoms with Crippen LogP contribution < -0.4 is 0 Å². The van der Waals surface area contributed by atoms with Gasteiger partial charge in [-0.15, -0.1) is 0 Å². The summed E-state index contributed by atoms with van der Waals surface area (Å²) in [6.07, 6.45) is 1.37. The Morgan fingerprint density at radius 2 is 2.08 bits per heavy atom. The van der Waals surface area contributed by atoms with Gasteiger partial charge in [0.15, 0.2) is 0 Å². The molecule has 0 saturated carbocycles. The van der Waals surface area contributed by atoms with Crippen molar-refractivity contribution in [1.29, 1.82) is 0 Å². The Hall–Kier alpha value is -2.08. The Morgan fingerprint density at radius 1 is 1.33 bits per heavy atom. The molecule has 0 N–H and O–H groups in total. The Morgan fingerprint density at radius 3 is 2.75 bits per heavy atom. The highest BCUT2D eigenvalue weighted by Crippen LogP contribution is 2.30. The zero-order valence-corrected chi connectivity index (χ0v) is 14.6. The SMILES string of the molecule is CC(C)(C)OC(=O)N1CCn2ncc(-c3ccc(F)c(Cl)c3)c2C1. The molecule has 0 aliphatic carbocycles. The molecule has 0 spiro atoms. The van der Waals surface area contributed by atoms with Gasteiger partial charge in [0.2, 0.25) is 0 Å². The van der Waals surface area contributed by atoms with Crippen LogP contribution >= 0.6 is 11.6 Å². The number of nitrogens with zero attached hydrogens (tertiary/aromatic N) is 3. The van der Waals surface area contributed by atoms with Crippen molar-refractivity contribution >= 4 is 17.7 Å². The normalized spacial score (nSPS) is 14.5. The average molecular weight is 352 g/mol. The number of hydrogen-bond acceptors (Lipinski definition) is 3. The lowest BCUT2D eigenvalue weighted by Gasteiger charge is -2.30. The second-order valence-electron chi connectivity index (χ2n) is 6.76. The van der Waals surface area contributed by atoms with Gasteiger partial charge < -0.3 is 9.64 Å². The predicted octanol–water partition coefficient (Wildman–Crippen LogP) is 4.09. The van der Waals surface area contributed by atoms with Crippen molar-refractivity contribution in [2.45, 2.75) is 39.5 Å². The first kappa shape index (κ1) is 16.8. The number of ether oxygens (including phenoxy) is 1. The third-order valence-electron chi connectivity index (χ3n) is 3.75. The van der Waals surface area contributed by atoms with Gasteiger partial charge in [-0.25, -0.2) is 9.18 Å². The maximum absolute atomic E-state index is 13.4. The number of carbonyl (C=O) groups excluding carboxylic acids is 1. The van der Waals surface area contributed by atoms with Crippen molar-refractivity contribution in [1.82, 2.24) is 14.7 Å². The summed E-state index contributed by atoms with van der Waals surface area (Å²) in [5, 5.41) is 4.42. The van der Waals surface area contributed by atoms with Gasteiger partial charge in [0.05, 0.1) is 30.0 Å². The molecule has 2 heterocycles. The Kier molecular flexibility index (Phi) is 4.25. The third kappa shape index (κ3) is 3.38. The molecule has 1 aliphatic heterocycles. The number of fused-ring (bicyclic) bond motifs is 1. The summed E-state index contributed by atoms with van der Waals surface area (Å²) >= 11 is 5.88. The molecule has 1 aliphatic rings. The molecule has 0 fully saturated rings. The monoisotopic (exact) mass is 351 g/mol. The fourth-order valence-corrected chi connectivity index (χ4v) is 2.81. The quantitative estimate of drug-likeness (QED) is 0.777. The molecule has 3 rings (SSSR count). The van der Waals surface area contributed by atoms with Gasteiger partial charge in [0.25, 0.3) is 0 Å². The van der Waals surface area contributed by atoms with E-state index in [4.69, 9.17) is 16.3 Å². The first-order chi connectivity index (χ1) is 11.2. The van der Waals surface area contributed by atoms with Gasteiger partial charge in [0.1, 0.15) is 11.4 Å². The fourth-order valence-electron chi connectivity index (χ4n) is 2.63. The van der Waals surface area contributed by atoms with Crippen molar-refractivity contribution in [3.05, 3.63) is 40.9 Å². The summed E-state index contributed by atoms with van der Waals surface area (Å²) in [4.78, 5) is 13.9. The Bertz CT molecular complexity index is 783. The van der Waals surface area contributed by atoms with E-state index in [0.29, 0.717) is 19.6 Å². The van der Waals surface area contributed by atoms with Gasteiger partial charge in [-0.2, -0.15) is 5.10 Å². The van der Waals surface area contributed by atoms with E-state index in [1.807, 2.05) is 25.5 Å². The highest BCUT2D eigenvalue weighted by molar-refractivity contribution is 6.31. The molecule has 5 nitrogen and oxygen atoms in total. The van der Waals surface area contributed by atoms with Crippen LogP contribution in [0.2, 0.25) is 5.02 Å². The minimum atomic E-state index is -0.540. The van der Waals surface area contributed by atoms with Crippen molar-refractivity contribution < 1.29 is 13.9 Å². The molecule has 0 unspecified atom stereocenters. The molecule has 24 heavy (non-hydrogen) atoms. The van der Waals surface area contributed by atoms with E-state index in [9.17, 15) is 9.18 Å². The van der Waals surface area contributed by atoms with Crippen molar-refractivity contribution in [2.24, 2.45) is 0 Å². The molecule has 0 saturated heterocycles. The Labute approximate surface area is 145 Å². The molecule has 128 valence electrons. The number of amides is 1. The van der Waals surface area contributed by atoms with E-state index in [1.165, 1.54) is 6.07 Å². The lowest BCUT2D eigenvalue weighted by Crippen LogP contribution is -2.41. The zero-order valence-electron chi connectivity index (χ0n) is 13.8. The van der Waals surface area contributed by atoms with Gasteiger partial charge in [-0.3, -0.25) is 4.68 Å². The number of hydrogen-bond donors (Lipinski definition) is 0. The van der Waals surface area contributed by atoms with Crippen LogP contribution in [-0.2, 0) is 17.8 Å². The van der Waals surface area contributed by atoms with Crippen molar-refractivity contribution in [3.63, 3.8) is 0 Å². The Balaban J connectivity index is 1.87. The summed E-state index contributed by atoms with van der Waals surface area (Å²) in [6.45, 7) is 7.02. The lowest BCUT2D eigenvalue weighted by atomic mass is 10.1. The van der Waals surface area contributed by atoms with Crippen LogP contribution in [0.25, 0.3) is 11.1 Å². The van der Waals surface area contributed by atoms with Gasteiger partial charge in [-0.1, -0.05) is 17.7 Å². The van der Waals surface area contributed by atoms with Crippen LogP contribution in [0.5, 0.6) is 0 Å². The smallest absolute Gasteiger partial charge is 0.410 e. The number of benzene rings is 1. The minimum absolute atomic E-state index is 0.0623. The molecule has 2 aromatic rings. The maximum atomic E-state index is 13.4. The number of carbonyl (C=O) groups is 1. The van der Waals surface area contributed by atoms with Gasteiger partial charge in [0, 0.05) is 12.1 Å². The molecule has 0 bridgehead atoms. The number of rotatable bonds is 1. The van der Waals surface area contributed by atoms with Crippen LogP contribution in [0.1, 0.15) is 26.5 Å². The molecule has 1 aromatic carbocycles. The topological polar surface area (TPSA) is 47.4 Å². The minimum Gasteiger partial charge on any atom is -0.444 e. The lowest BCUT2D eigenvalue weighted by molar-refractivity contribution is 0.0195. The molecule has 0 atom stereocenters. The first-order valence-electron chi connectivity index (χ1n) is 7.72. The summed E-state index contributed by atoms with van der Waals surface area (Å²) in [6, 6.07) is 4.56. The first-order valence-corrected chi connectivity index (χ1v) is 8.10. The third-order valence-corrected chi connectivity index (χ3v) is 4.04. The molecular weight excluding hydrogens is 333 g/mol. The largest absolute Gasteiger partial charge is 0.444 e. The van der Waals surface area contributed by atoms with Crippen LogP contribution in [0.15, 0.2) is 24.4 Å². The van der Waals surface area contributed by atoms with Gasteiger partial charge >= 0.3 is 6.09 Å². The van der Waals surface area contributed by atoms with E-state index in [-0.39, 0.29) is 11.1 Å². The molecule has 7 heteroatoms. The van der Waals surface area contributed by atoms with Crippen molar-refractivity contribution in [2.75, 3.05) is 6.54 Å². The van der Waals surface area contributed by atoms with Crippen LogP contribution in [0, 0.1) is 5.82 Å². The summed E-state index contributed by atoms with van der Waals surface area (Å²) < 4.78 is 20.7. The van der Waals surface area contributed by atoms with Gasteiger partial charge in [-0.05, 0) is 38.5 Å². The average Bonchev–Trinajstić information content (AvgIpc) is 2.91. The van der Waals surface area contributed by atoms with Crippen molar-refractivity contribution in [3.8, 4) is 11.1 Å². The summed E-state index contributed by atoms with van der Waals surface area (Å²) in [5.41, 5.74) is 1.95. The molecular formula is C17H19ClFN3O2. The number of halogens is 2. The highest BCUT2D eigenvalue weighted by atomic mass is 35.5. The maximum Gasteiger partial charge on any atom is 0.410 e. The molecule has 0 radical (unpaired) electrons. The number of aromatic nitrogens is 2. The fraction of sp³-hybridized carbons (Fsp3) is 0.412. The van der Waals surface area contributed by atoms with E-state index in [0.717, 1.165) is 16.8 Å². The van der Waals surface area contributed by atoms with Crippen LogP contribution in [0.4, 0.5) is 9.18 Å². The van der Waals surface area contributed by atoms with E-state index < -0.39 is 11.4 Å².